The highest BCUT2D eigenvalue weighted by Gasteiger charge is 2.63. The van der Waals surface area contributed by atoms with Gasteiger partial charge in [0.15, 0.2) is 0 Å². The molecule has 2 N–H and O–H groups in total. The second-order valence-electron chi connectivity index (χ2n) is 7.20. The number of nitrogens with two attached hydrogens (primary N) is 1. The van der Waals surface area contributed by atoms with Crippen molar-refractivity contribution in [3.63, 3.8) is 0 Å². The van der Waals surface area contributed by atoms with Crippen molar-refractivity contribution in [1.82, 2.24) is 4.90 Å². The molecule has 3 rings (SSSR count). The number of amides is 1. The number of hydrogen-bond donors (Lipinski definition) is 1. The molecular weight excluding hydrogens is 356 g/mol. The van der Waals surface area contributed by atoms with E-state index in [0.717, 1.165) is 17.4 Å². The lowest BCUT2D eigenvalue weighted by Crippen LogP contribution is -2.76. The molecule has 1 heterocycles. The number of ether oxygens (including phenoxy) is 1. The maximum atomic E-state index is 13.1. The highest BCUT2D eigenvalue weighted by Crippen LogP contribution is 2.51. The molecule has 4 nitrogen and oxygen atoms in total. The summed E-state index contributed by atoms with van der Waals surface area (Å²) in [6.45, 7) is 8.08. The molecule has 5 heteroatoms. The number of fused-ring (bicyclic) bond motifs is 1. The number of benzene rings is 1. The maximum absolute atomic E-state index is 13.1. The lowest BCUT2D eigenvalue weighted by molar-refractivity contribution is -0.180. The molecule has 0 radical (unpaired) electrons. The summed E-state index contributed by atoms with van der Waals surface area (Å²) in [5, 5.41) is 0. The SMILES string of the molecule is CCOC1CC(N)(C(=O)N2CCc3cccc(Br)c3C2)C1(C)C. The molecule has 1 aromatic carbocycles. The molecule has 0 aromatic heterocycles. The normalized spacial score (nSPS) is 28.9. The highest BCUT2D eigenvalue weighted by atomic mass is 79.9. The van der Waals surface area contributed by atoms with Crippen LogP contribution in [0.15, 0.2) is 22.7 Å². The van der Waals surface area contributed by atoms with Crippen LogP contribution in [0.4, 0.5) is 0 Å². The van der Waals surface area contributed by atoms with Crippen LogP contribution in [0.1, 0.15) is 38.3 Å². The Bertz CT molecular complexity index is 631. The Balaban J connectivity index is 1.79. The van der Waals surface area contributed by atoms with E-state index in [4.69, 9.17) is 10.5 Å². The van der Waals surface area contributed by atoms with E-state index < -0.39 is 5.54 Å². The van der Waals surface area contributed by atoms with Gasteiger partial charge in [0.1, 0.15) is 5.54 Å². The van der Waals surface area contributed by atoms with Crippen molar-refractivity contribution in [2.45, 2.75) is 51.8 Å². The Morgan fingerprint density at radius 3 is 2.87 bits per heavy atom. The van der Waals surface area contributed by atoms with E-state index in [-0.39, 0.29) is 17.4 Å². The molecule has 2 unspecified atom stereocenters. The second kappa shape index (κ2) is 5.87. The van der Waals surface area contributed by atoms with Gasteiger partial charge >= 0.3 is 0 Å². The Hall–Kier alpha value is -0.910. The monoisotopic (exact) mass is 380 g/mol. The van der Waals surface area contributed by atoms with Gasteiger partial charge in [-0.05, 0) is 30.5 Å². The molecule has 126 valence electrons. The van der Waals surface area contributed by atoms with Crippen LogP contribution in [0.2, 0.25) is 0 Å². The third-order valence-corrected chi connectivity index (χ3v) is 6.46. The van der Waals surface area contributed by atoms with Gasteiger partial charge in [0.2, 0.25) is 5.91 Å². The standard InChI is InChI=1S/C18H25BrN2O2/c1-4-23-15-10-18(20,17(15,2)3)16(22)21-9-8-12-6-5-7-14(19)13(12)11-21/h5-7,15H,4,8-11,20H2,1-3H3. The largest absolute Gasteiger partial charge is 0.378 e. The summed E-state index contributed by atoms with van der Waals surface area (Å²) in [6, 6.07) is 6.22. The van der Waals surface area contributed by atoms with E-state index >= 15 is 0 Å². The van der Waals surface area contributed by atoms with Crippen molar-refractivity contribution in [2.75, 3.05) is 13.2 Å². The molecule has 1 amide bonds. The van der Waals surface area contributed by atoms with E-state index in [1.165, 1.54) is 11.1 Å². The number of hydrogen-bond acceptors (Lipinski definition) is 3. The van der Waals surface area contributed by atoms with Crippen molar-refractivity contribution in [2.24, 2.45) is 11.1 Å². The summed E-state index contributed by atoms with van der Waals surface area (Å²) < 4.78 is 6.81. The predicted octanol–water partition coefficient (Wildman–Crippen LogP) is 2.87. The van der Waals surface area contributed by atoms with Crippen LogP contribution in [-0.2, 0) is 22.5 Å². The van der Waals surface area contributed by atoms with Gasteiger partial charge in [-0.2, -0.15) is 0 Å². The lowest BCUT2D eigenvalue weighted by atomic mass is 9.54. The van der Waals surface area contributed by atoms with Gasteiger partial charge in [0.05, 0.1) is 6.10 Å². The van der Waals surface area contributed by atoms with Crippen LogP contribution < -0.4 is 5.73 Å². The topological polar surface area (TPSA) is 55.6 Å². The van der Waals surface area contributed by atoms with Gasteiger partial charge in [0, 0.05) is 36.0 Å². The molecule has 1 aromatic rings. The molecule has 1 aliphatic heterocycles. The van der Waals surface area contributed by atoms with Crippen LogP contribution in [0.3, 0.4) is 0 Å². The third kappa shape index (κ3) is 2.53. The van der Waals surface area contributed by atoms with E-state index in [9.17, 15) is 4.79 Å². The van der Waals surface area contributed by atoms with Gasteiger partial charge in [-0.15, -0.1) is 0 Å². The zero-order chi connectivity index (χ0) is 16.8. The highest BCUT2D eigenvalue weighted by molar-refractivity contribution is 9.10. The van der Waals surface area contributed by atoms with Crippen LogP contribution >= 0.6 is 15.9 Å². The van der Waals surface area contributed by atoms with Crippen LogP contribution in [-0.4, -0.2) is 35.6 Å². The minimum Gasteiger partial charge on any atom is -0.378 e. The minimum atomic E-state index is -0.828. The van der Waals surface area contributed by atoms with Gasteiger partial charge in [0.25, 0.3) is 0 Å². The summed E-state index contributed by atoms with van der Waals surface area (Å²) in [5.41, 5.74) is 7.90. The molecule has 23 heavy (non-hydrogen) atoms. The van der Waals surface area contributed by atoms with Crippen LogP contribution in [0.25, 0.3) is 0 Å². The average molecular weight is 381 g/mol. The van der Waals surface area contributed by atoms with Crippen molar-refractivity contribution in [1.29, 1.82) is 0 Å². The quantitative estimate of drug-likeness (QED) is 0.876. The maximum Gasteiger partial charge on any atom is 0.243 e. The molecule has 0 spiro atoms. The number of carbonyl (C=O) groups is 1. The summed E-state index contributed by atoms with van der Waals surface area (Å²) in [7, 11) is 0. The Kier molecular flexibility index (Phi) is 4.32. The van der Waals surface area contributed by atoms with E-state index in [2.05, 4.69) is 22.0 Å². The molecule has 1 fully saturated rings. The molecule has 1 aliphatic carbocycles. The van der Waals surface area contributed by atoms with Crippen molar-refractivity contribution < 1.29 is 9.53 Å². The summed E-state index contributed by atoms with van der Waals surface area (Å²) in [5.74, 6) is 0.0554. The first kappa shape index (κ1) is 16.9. The second-order valence-corrected chi connectivity index (χ2v) is 8.05. The van der Waals surface area contributed by atoms with Crippen LogP contribution in [0, 0.1) is 5.41 Å². The molecule has 0 saturated heterocycles. The molecule has 0 bridgehead atoms. The van der Waals surface area contributed by atoms with E-state index in [0.29, 0.717) is 19.6 Å². The predicted molar refractivity (Wildman–Crippen MR) is 94.0 cm³/mol. The smallest absolute Gasteiger partial charge is 0.243 e. The third-order valence-electron chi connectivity index (χ3n) is 5.71. The first-order valence-electron chi connectivity index (χ1n) is 8.27. The van der Waals surface area contributed by atoms with Gasteiger partial charge < -0.3 is 15.4 Å². The first-order valence-corrected chi connectivity index (χ1v) is 9.06. The fraction of sp³-hybridized carbons (Fsp3) is 0.611. The zero-order valence-corrected chi connectivity index (χ0v) is 15.6. The zero-order valence-electron chi connectivity index (χ0n) is 14.1. The number of halogens is 1. The minimum absolute atomic E-state index is 0.0554. The van der Waals surface area contributed by atoms with Gasteiger partial charge in [-0.1, -0.05) is 41.9 Å². The van der Waals surface area contributed by atoms with Crippen molar-refractivity contribution >= 4 is 21.8 Å². The Labute approximate surface area is 146 Å². The van der Waals surface area contributed by atoms with E-state index in [1.54, 1.807) is 0 Å². The van der Waals surface area contributed by atoms with Crippen LogP contribution in [0.5, 0.6) is 0 Å². The van der Waals surface area contributed by atoms with Crippen molar-refractivity contribution in [3.8, 4) is 0 Å². The number of carbonyl (C=O) groups excluding carboxylic acids is 1. The molecular formula is C18H25BrN2O2. The summed E-state index contributed by atoms with van der Waals surface area (Å²) >= 11 is 3.60. The number of rotatable bonds is 3. The molecule has 2 aliphatic rings. The Morgan fingerprint density at radius 2 is 2.22 bits per heavy atom. The first-order chi connectivity index (χ1) is 10.8. The molecule has 2 atom stereocenters. The summed E-state index contributed by atoms with van der Waals surface area (Å²) in [6.07, 6.45) is 1.54. The summed E-state index contributed by atoms with van der Waals surface area (Å²) in [4.78, 5) is 15.0. The Morgan fingerprint density at radius 1 is 1.48 bits per heavy atom. The van der Waals surface area contributed by atoms with Crippen molar-refractivity contribution in [3.05, 3.63) is 33.8 Å². The van der Waals surface area contributed by atoms with Gasteiger partial charge in [-0.25, -0.2) is 0 Å². The fourth-order valence-corrected chi connectivity index (χ4v) is 4.33. The van der Waals surface area contributed by atoms with Gasteiger partial charge in [-0.3, -0.25) is 4.79 Å². The number of nitrogens with zero attached hydrogens (tertiary/aromatic N) is 1. The lowest BCUT2D eigenvalue weighted by Gasteiger charge is -2.59. The average Bonchev–Trinajstić information content (AvgIpc) is 2.54. The van der Waals surface area contributed by atoms with E-state index in [1.807, 2.05) is 37.8 Å². The molecule has 1 saturated carbocycles. The fourth-order valence-electron chi connectivity index (χ4n) is 3.79.